The molecule has 1 amide bonds. The van der Waals surface area contributed by atoms with Crippen LogP contribution in [0.15, 0.2) is 18.3 Å². The molecule has 12 heteroatoms. The number of halogens is 2. The van der Waals surface area contributed by atoms with E-state index in [4.69, 9.17) is 27.6 Å². The van der Waals surface area contributed by atoms with Gasteiger partial charge in [0.15, 0.2) is 5.65 Å². The van der Waals surface area contributed by atoms with Crippen LogP contribution >= 0.6 is 11.6 Å². The number of carbonyl (C=O) groups excluding carboxylic acids is 1. The summed E-state index contributed by atoms with van der Waals surface area (Å²) in [6, 6.07) is 4.23. The van der Waals surface area contributed by atoms with E-state index in [1.807, 2.05) is 22.6 Å². The van der Waals surface area contributed by atoms with Crippen molar-refractivity contribution in [2.24, 2.45) is 11.7 Å². The molecule has 0 radical (unpaired) electrons. The number of aliphatic hydroxyl groups excluding tert-OH is 1. The molecule has 2 aliphatic rings. The van der Waals surface area contributed by atoms with Gasteiger partial charge in [-0.05, 0) is 50.7 Å². The fraction of sp³-hybridized carbons (Fsp3) is 0.500. The van der Waals surface area contributed by atoms with E-state index in [0.717, 1.165) is 31.7 Å². The molecule has 0 bridgehead atoms. The minimum absolute atomic E-state index is 0.00340. The van der Waals surface area contributed by atoms with Crippen molar-refractivity contribution in [3.63, 3.8) is 0 Å². The number of aliphatic hydroxyl groups is 1. The minimum Gasteiger partial charge on any atom is -0.391 e. The van der Waals surface area contributed by atoms with Gasteiger partial charge in [-0.1, -0.05) is 24.4 Å². The molecule has 5 rings (SSSR count). The number of anilines is 3. The lowest BCUT2D eigenvalue weighted by molar-refractivity contribution is -0.122. The topological polar surface area (TPSA) is 146 Å². The molecule has 2 heterocycles. The highest BCUT2D eigenvalue weighted by molar-refractivity contribution is 6.33. The van der Waals surface area contributed by atoms with Crippen molar-refractivity contribution in [3.8, 4) is 6.07 Å². The Labute approximate surface area is 224 Å². The van der Waals surface area contributed by atoms with Crippen LogP contribution in [0.2, 0.25) is 5.02 Å². The van der Waals surface area contributed by atoms with Crippen LogP contribution in [-0.2, 0) is 4.79 Å². The number of imidazole rings is 1. The van der Waals surface area contributed by atoms with Crippen molar-refractivity contribution in [2.75, 3.05) is 17.3 Å². The molecule has 3 aromatic rings. The Morgan fingerprint density at radius 3 is 2.63 bits per heavy atom. The molecular weight excluding hydrogens is 511 g/mol. The van der Waals surface area contributed by atoms with Crippen molar-refractivity contribution in [3.05, 3.63) is 34.7 Å². The van der Waals surface area contributed by atoms with E-state index in [1.54, 1.807) is 6.20 Å². The quantitative estimate of drug-likeness (QED) is 0.422. The number of nitrogens with one attached hydrogen (secondary N) is 1. The SMILES string of the molecule is CN(c1ncc2nc(Nc3c(F)cc(C#N)cc3Cl)n(C3CCC(C(N)=O)CC3)c2n1)[C@H]1CCCC[C@@H]1O. The number of nitrogens with two attached hydrogens (primary N) is 1. The minimum atomic E-state index is -0.678. The van der Waals surface area contributed by atoms with Crippen LogP contribution < -0.4 is 16.0 Å². The number of primary amides is 1. The van der Waals surface area contributed by atoms with E-state index in [9.17, 15) is 14.3 Å². The highest BCUT2D eigenvalue weighted by Gasteiger charge is 2.31. The molecular formula is C26H30ClFN8O2. The van der Waals surface area contributed by atoms with Crippen LogP contribution in [0.4, 0.5) is 22.0 Å². The van der Waals surface area contributed by atoms with Gasteiger partial charge < -0.3 is 21.1 Å². The maximum absolute atomic E-state index is 14.9. The Balaban J connectivity index is 1.56. The highest BCUT2D eigenvalue weighted by atomic mass is 35.5. The summed E-state index contributed by atoms with van der Waals surface area (Å²) in [6.45, 7) is 0. The second-order valence-electron chi connectivity index (χ2n) is 10.2. The summed E-state index contributed by atoms with van der Waals surface area (Å²) in [5.74, 6) is -0.375. The molecule has 2 atom stereocenters. The Bertz CT molecular complexity index is 1370. The lowest BCUT2D eigenvalue weighted by atomic mass is 9.85. The monoisotopic (exact) mass is 540 g/mol. The van der Waals surface area contributed by atoms with Gasteiger partial charge >= 0.3 is 0 Å². The lowest BCUT2D eigenvalue weighted by Crippen LogP contribution is -2.44. The third-order valence-corrected chi connectivity index (χ3v) is 8.10. The van der Waals surface area contributed by atoms with E-state index in [0.29, 0.717) is 48.7 Å². The average molecular weight is 541 g/mol. The number of carbonyl (C=O) groups is 1. The fourth-order valence-electron chi connectivity index (χ4n) is 5.67. The van der Waals surface area contributed by atoms with Gasteiger partial charge in [-0.3, -0.25) is 9.36 Å². The summed E-state index contributed by atoms with van der Waals surface area (Å²) in [5, 5.41) is 22.8. The third kappa shape index (κ3) is 4.98. The van der Waals surface area contributed by atoms with E-state index < -0.39 is 11.9 Å². The second kappa shape index (κ2) is 10.7. The van der Waals surface area contributed by atoms with Crippen molar-refractivity contribution in [2.45, 2.75) is 69.6 Å². The second-order valence-corrected chi connectivity index (χ2v) is 10.6. The van der Waals surface area contributed by atoms with Crippen LogP contribution in [0.3, 0.4) is 0 Å². The normalized spacial score (nSPS) is 23.7. The van der Waals surface area contributed by atoms with Gasteiger partial charge in [0.2, 0.25) is 17.8 Å². The molecule has 38 heavy (non-hydrogen) atoms. The number of nitrogens with zero attached hydrogens (tertiary/aromatic N) is 6. The number of benzene rings is 1. The largest absolute Gasteiger partial charge is 0.391 e. The maximum Gasteiger partial charge on any atom is 0.227 e. The Morgan fingerprint density at radius 1 is 1.24 bits per heavy atom. The number of aromatic nitrogens is 4. The van der Waals surface area contributed by atoms with Gasteiger partial charge in [0.05, 0.1) is 40.7 Å². The molecule has 4 N–H and O–H groups in total. The van der Waals surface area contributed by atoms with Gasteiger partial charge in [-0.15, -0.1) is 0 Å². The molecule has 2 fully saturated rings. The molecule has 0 aliphatic heterocycles. The molecule has 10 nitrogen and oxygen atoms in total. The zero-order valence-electron chi connectivity index (χ0n) is 21.1. The van der Waals surface area contributed by atoms with Crippen LogP contribution in [0, 0.1) is 23.1 Å². The van der Waals surface area contributed by atoms with E-state index in [2.05, 4.69) is 15.3 Å². The molecule has 1 aromatic carbocycles. The summed E-state index contributed by atoms with van der Waals surface area (Å²) >= 11 is 6.32. The predicted molar refractivity (Wildman–Crippen MR) is 142 cm³/mol. The first-order valence-electron chi connectivity index (χ1n) is 12.9. The van der Waals surface area contributed by atoms with E-state index in [-0.39, 0.29) is 40.2 Å². The summed E-state index contributed by atoms with van der Waals surface area (Å²) < 4.78 is 16.8. The summed E-state index contributed by atoms with van der Waals surface area (Å²) in [5.41, 5.74) is 6.73. The number of hydrogen-bond donors (Lipinski definition) is 3. The zero-order valence-corrected chi connectivity index (χ0v) is 21.8. The summed E-state index contributed by atoms with van der Waals surface area (Å²) in [4.78, 5) is 27.7. The molecule has 0 unspecified atom stereocenters. The number of fused-ring (bicyclic) bond motifs is 1. The Morgan fingerprint density at radius 2 is 1.97 bits per heavy atom. The van der Waals surface area contributed by atoms with Crippen molar-refractivity contribution < 1.29 is 14.3 Å². The van der Waals surface area contributed by atoms with Gasteiger partial charge in [0, 0.05) is 19.0 Å². The fourth-order valence-corrected chi connectivity index (χ4v) is 5.92. The number of amides is 1. The molecule has 200 valence electrons. The molecule has 0 spiro atoms. The smallest absolute Gasteiger partial charge is 0.227 e. The molecule has 2 saturated carbocycles. The maximum atomic E-state index is 14.9. The lowest BCUT2D eigenvalue weighted by Gasteiger charge is -2.35. The first-order chi connectivity index (χ1) is 18.3. The highest BCUT2D eigenvalue weighted by Crippen LogP contribution is 2.38. The number of rotatable bonds is 6. The molecule has 2 aliphatic carbocycles. The van der Waals surface area contributed by atoms with Crippen molar-refractivity contribution >= 4 is 46.3 Å². The van der Waals surface area contributed by atoms with Crippen LogP contribution in [-0.4, -0.2) is 49.7 Å². The van der Waals surface area contributed by atoms with Gasteiger partial charge in [0.1, 0.15) is 11.3 Å². The van der Waals surface area contributed by atoms with Gasteiger partial charge in [0.25, 0.3) is 0 Å². The number of nitriles is 1. The summed E-state index contributed by atoms with van der Waals surface area (Å²) in [7, 11) is 1.88. The summed E-state index contributed by atoms with van der Waals surface area (Å²) in [6.07, 6.45) is 7.34. The number of hydrogen-bond acceptors (Lipinski definition) is 8. The van der Waals surface area contributed by atoms with Crippen molar-refractivity contribution in [1.29, 1.82) is 5.26 Å². The first kappa shape index (κ1) is 26.1. The van der Waals surface area contributed by atoms with Crippen molar-refractivity contribution in [1.82, 2.24) is 19.5 Å². The standard InChI is InChI=1S/C26H30ClFN8O2/c1-35(20-4-2-3-5-21(20)37)25-31-13-19-24(34-25)36(16-8-6-15(7-9-16)23(30)38)26(32-19)33-22-17(27)10-14(12-29)11-18(22)28/h10-11,13,15-16,20-21,37H,2-9H2,1H3,(H2,30,38)(H,32,33)/t15?,16?,20-,21-/m0/s1. The average Bonchev–Trinajstić information content (AvgIpc) is 3.27. The van der Waals surface area contributed by atoms with Gasteiger partial charge in [-0.25, -0.2) is 14.4 Å². The number of likely N-dealkylation sites (N-methyl/N-ethyl adjacent to an activating group) is 1. The van der Waals surface area contributed by atoms with E-state index in [1.165, 1.54) is 6.07 Å². The zero-order chi connectivity index (χ0) is 27.0. The van der Waals surface area contributed by atoms with Crippen LogP contribution in [0.1, 0.15) is 63.0 Å². The van der Waals surface area contributed by atoms with Crippen LogP contribution in [0.5, 0.6) is 0 Å². The van der Waals surface area contributed by atoms with Gasteiger partial charge in [-0.2, -0.15) is 10.2 Å². The van der Waals surface area contributed by atoms with Crippen LogP contribution in [0.25, 0.3) is 11.2 Å². The van der Waals surface area contributed by atoms with E-state index >= 15 is 0 Å². The molecule has 2 aromatic heterocycles. The third-order valence-electron chi connectivity index (χ3n) is 7.80. The molecule has 0 saturated heterocycles. The first-order valence-corrected chi connectivity index (χ1v) is 13.3. The predicted octanol–water partition coefficient (Wildman–Crippen LogP) is 4.19. The Kier molecular flexibility index (Phi) is 7.36. The Hall–Kier alpha value is -3.49.